The van der Waals surface area contributed by atoms with E-state index in [-0.39, 0.29) is 22.4 Å². The number of rotatable bonds is 10. The summed E-state index contributed by atoms with van der Waals surface area (Å²) in [5, 5.41) is 15.2. The zero-order chi connectivity index (χ0) is 23.0. The third-order valence-electron chi connectivity index (χ3n) is 6.26. The van der Waals surface area contributed by atoms with E-state index in [2.05, 4.69) is 27.3 Å². The number of nitro benzene ring substituents is 1. The van der Waals surface area contributed by atoms with Crippen LogP contribution in [0, 0.1) is 10.1 Å². The minimum absolute atomic E-state index is 0.00102. The normalized spacial score (nSPS) is 15.4. The molecule has 1 atom stereocenters. The van der Waals surface area contributed by atoms with Crippen molar-refractivity contribution in [3.8, 4) is 0 Å². The zero-order valence-electron chi connectivity index (χ0n) is 18.7. The molecule has 1 aliphatic heterocycles. The lowest BCUT2D eigenvalue weighted by molar-refractivity contribution is -0.384. The summed E-state index contributed by atoms with van der Waals surface area (Å²) in [6.45, 7) is 4.67. The predicted octanol–water partition coefficient (Wildman–Crippen LogP) is 3.63. The topological polar surface area (TPSA) is 100 Å². The first-order valence-electron chi connectivity index (χ1n) is 11.5. The Morgan fingerprint density at radius 1 is 1.18 bits per heavy atom. The van der Waals surface area contributed by atoms with Crippen molar-refractivity contribution < 1.29 is 14.5 Å². The number of benzene rings is 2. The summed E-state index contributed by atoms with van der Waals surface area (Å²) in [4.78, 5) is 29.3. The second-order valence-corrected chi connectivity index (χ2v) is 8.46. The van der Waals surface area contributed by atoms with E-state index in [0.717, 1.165) is 62.2 Å². The predicted molar refractivity (Wildman–Crippen MR) is 127 cm³/mol. The van der Waals surface area contributed by atoms with E-state index < -0.39 is 0 Å². The number of nitrogens with one attached hydrogen (secondary N) is 2. The van der Waals surface area contributed by atoms with Crippen molar-refractivity contribution in [2.75, 3.05) is 39.4 Å². The van der Waals surface area contributed by atoms with Crippen molar-refractivity contribution in [3.05, 3.63) is 76.0 Å². The van der Waals surface area contributed by atoms with Crippen molar-refractivity contribution in [1.29, 1.82) is 0 Å². The molecule has 1 unspecified atom stereocenters. The maximum atomic E-state index is 12.8. The van der Waals surface area contributed by atoms with Crippen LogP contribution in [0.5, 0.6) is 0 Å². The molecule has 1 fully saturated rings. The maximum Gasteiger partial charge on any atom is 0.270 e. The number of hydrogen-bond donors (Lipinski definition) is 2. The summed E-state index contributed by atoms with van der Waals surface area (Å²) in [7, 11) is 0. The van der Waals surface area contributed by atoms with Crippen LogP contribution >= 0.6 is 0 Å². The lowest BCUT2D eigenvalue weighted by Gasteiger charge is -2.26. The number of non-ortho nitro benzene ring substituents is 1. The average Bonchev–Trinajstić information content (AvgIpc) is 3.26. The number of H-pyrrole nitrogens is 1. The molecule has 1 aromatic heterocycles. The number of aromatic nitrogens is 1. The lowest BCUT2D eigenvalue weighted by Crippen LogP contribution is -2.41. The highest BCUT2D eigenvalue weighted by atomic mass is 16.6. The van der Waals surface area contributed by atoms with Gasteiger partial charge in [0.2, 0.25) is 5.91 Å². The first kappa shape index (κ1) is 22.9. The van der Waals surface area contributed by atoms with Crippen LogP contribution in [0.1, 0.15) is 29.9 Å². The number of aromatic amines is 1. The van der Waals surface area contributed by atoms with Crippen molar-refractivity contribution in [2.45, 2.75) is 25.2 Å². The number of nitrogens with zero attached hydrogens (tertiary/aromatic N) is 2. The molecule has 1 saturated heterocycles. The molecule has 8 heteroatoms. The van der Waals surface area contributed by atoms with Gasteiger partial charge in [0.15, 0.2) is 0 Å². The first-order valence-corrected chi connectivity index (χ1v) is 11.5. The Balaban J connectivity index is 1.47. The second kappa shape index (κ2) is 11.1. The van der Waals surface area contributed by atoms with Gasteiger partial charge in [-0.1, -0.05) is 30.3 Å². The zero-order valence-corrected chi connectivity index (χ0v) is 18.7. The molecule has 1 amide bonds. The summed E-state index contributed by atoms with van der Waals surface area (Å²) in [6, 6.07) is 15.0. The molecule has 1 aliphatic rings. The third kappa shape index (κ3) is 6.18. The van der Waals surface area contributed by atoms with Crippen LogP contribution in [0.4, 0.5) is 5.69 Å². The third-order valence-corrected chi connectivity index (χ3v) is 6.26. The number of aryl methyl sites for hydroxylation is 1. The summed E-state index contributed by atoms with van der Waals surface area (Å²) in [5.74, 6) is -0.0505. The van der Waals surface area contributed by atoms with E-state index in [1.165, 1.54) is 11.6 Å². The Morgan fingerprint density at radius 3 is 2.73 bits per heavy atom. The quantitative estimate of drug-likeness (QED) is 0.363. The van der Waals surface area contributed by atoms with Gasteiger partial charge in [-0.05, 0) is 36.0 Å². The minimum atomic E-state index is -0.381. The van der Waals surface area contributed by atoms with E-state index in [1.807, 2.05) is 24.4 Å². The van der Waals surface area contributed by atoms with Crippen LogP contribution in [-0.4, -0.2) is 60.1 Å². The van der Waals surface area contributed by atoms with Crippen LogP contribution in [0.15, 0.2) is 54.7 Å². The number of carbonyl (C=O) groups is 1. The fourth-order valence-electron chi connectivity index (χ4n) is 4.41. The number of hydrogen-bond acceptors (Lipinski definition) is 5. The first-order chi connectivity index (χ1) is 16.1. The Labute approximate surface area is 193 Å². The van der Waals surface area contributed by atoms with Crippen molar-refractivity contribution in [2.24, 2.45) is 0 Å². The SMILES string of the molecule is O=C(CC(CCc1ccccc1)c1c[nH]c2ccc([N+](=O)[O-])cc12)NCCN1CCOCC1. The van der Waals surface area contributed by atoms with Gasteiger partial charge in [0.05, 0.1) is 18.1 Å². The Bertz CT molecular complexity index is 1080. The average molecular weight is 451 g/mol. The summed E-state index contributed by atoms with van der Waals surface area (Å²) in [6.07, 6.45) is 3.83. The van der Waals surface area contributed by atoms with E-state index in [9.17, 15) is 14.9 Å². The number of morpholine rings is 1. The summed E-state index contributed by atoms with van der Waals surface area (Å²) in [5.41, 5.74) is 3.06. The molecule has 0 bridgehead atoms. The Kier molecular flexibility index (Phi) is 7.70. The molecule has 4 rings (SSSR count). The maximum absolute atomic E-state index is 12.8. The monoisotopic (exact) mass is 450 g/mol. The molecule has 0 saturated carbocycles. The molecule has 0 radical (unpaired) electrons. The molecule has 2 aromatic carbocycles. The Hall–Kier alpha value is -3.23. The van der Waals surface area contributed by atoms with Gasteiger partial charge in [-0.3, -0.25) is 19.8 Å². The second-order valence-electron chi connectivity index (χ2n) is 8.46. The van der Waals surface area contributed by atoms with Gasteiger partial charge >= 0.3 is 0 Å². The highest BCUT2D eigenvalue weighted by Gasteiger charge is 2.21. The fourth-order valence-corrected chi connectivity index (χ4v) is 4.41. The van der Waals surface area contributed by atoms with Gasteiger partial charge < -0.3 is 15.0 Å². The summed E-state index contributed by atoms with van der Waals surface area (Å²) >= 11 is 0. The molecular formula is C25H30N4O4. The van der Waals surface area contributed by atoms with E-state index in [4.69, 9.17) is 4.74 Å². The number of ether oxygens (including phenoxy) is 1. The van der Waals surface area contributed by atoms with Crippen molar-refractivity contribution in [3.63, 3.8) is 0 Å². The molecule has 33 heavy (non-hydrogen) atoms. The number of nitro groups is 1. The van der Waals surface area contributed by atoms with Gasteiger partial charge in [-0.25, -0.2) is 0 Å². The van der Waals surface area contributed by atoms with Crippen LogP contribution in [0.25, 0.3) is 10.9 Å². The summed E-state index contributed by atoms with van der Waals surface area (Å²) < 4.78 is 5.37. The molecule has 8 nitrogen and oxygen atoms in total. The highest BCUT2D eigenvalue weighted by Crippen LogP contribution is 2.33. The largest absolute Gasteiger partial charge is 0.379 e. The molecule has 174 valence electrons. The molecule has 2 N–H and O–H groups in total. The number of amides is 1. The van der Waals surface area contributed by atoms with Gasteiger partial charge in [-0.15, -0.1) is 0 Å². The lowest BCUT2D eigenvalue weighted by atomic mass is 9.89. The molecule has 2 heterocycles. The molecule has 3 aromatic rings. The van der Waals surface area contributed by atoms with Crippen molar-refractivity contribution >= 4 is 22.5 Å². The van der Waals surface area contributed by atoms with Crippen LogP contribution in [-0.2, 0) is 16.0 Å². The fraction of sp³-hybridized carbons (Fsp3) is 0.400. The molecular weight excluding hydrogens is 420 g/mol. The molecule has 0 aliphatic carbocycles. The van der Waals surface area contributed by atoms with Gasteiger partial charge in [0, 0.05) is 61.8 Å². The highest BCUT2D eigenvalue weighted by molar-refractivity contribution is 5.87. The van der Waals surface area contributed by atoms with Gasteiger partial charge in [-0.2, -0.15) is 0 Å². The van der Waals surface area contributed by atoms with E-state index in [1.54, 1.807) is 12.1 Å². The van der Waals surface area contributed by atoms with Crippen LogP contribution in [0.3, 0.4) is 0 Å². The minimum Gasteiger partial charge on any atom is -0.379 e. The standard InChI is InChI=1S/C25H30N4O4/c30-25(26-10-11-28-12-14-33-15-13-28)16-20(7-6-19-4-2-1-3-5-19)23-18-27-24-9-8-21(29(31)32)17-22(23)24/h1-5,8-9,17-18,20,27H,6-7,10-16H2,(H,26,30). The number of carbonyl (C=O) groups excluding carboxylic acids is 1. The van der Waals surface area contributed by atoms with E-state index >= 15 is 0 Å². The van der Waals surface area contributed by atoms with Gasteiger partial charge in [0.1, 0.15) is 0 Å². The molecule has 0 spiro atoms. The van der Waals surface area contributed by atoms with Crippen LogP contribution in [0.2, 0.25) is 0 Å². The Morgan fingerprint density at radius 2 is 1.97 bits per heavy atom. The van der Waals surface area contributed by atoms with E-state index in [0.29, 0.717) is 13.0 Å². The van der Waals surface area contributed by atoms with Crippen molar-refractivity contribution in [1.82, 2.24) is 15.2 Å². The van der Waals surface area contributed by atoms with Crippen LogP contribution < -0.4 is 5.32 Å². The smallest absolute Gasteiger partial charge is 0.270 e. The van der Waals surface area contributed by atoms with Gasteiger partial charge in [0.25, 0.3) is 5.69 Å². The number of fused-ring (bicyclic) bond motifs is 1.